The van der Waals surface area contributed by atoms with Gasteiger partial charge in [0.2, 0.25) is 0 Å². The van der Waals surface area contributed by atoms with E-state index in [0.717, 1.165) is 21.0 Å². The molecule has 0 amide bonds. The number of aromatic nitrogens is 3. The van der Waals surface area contributed by atoms with Gasteiger partial charge in [-0.05, 0) is 37.5 Å². The zero-order valence-electron chi connectivity index (χ0n) is 23.5. The Bertz CT molecular complexity index is 1610. The minimum atomic E-state index is -4.80. The lowest BCUT2D eigenvalue weighted by molar-refractivity contribution is -0.171. The number of nitrogens with one attached hydrogen (secondary N) is 1. The number of benzene rings is 3. The molecule has 5 nitrogen and oxygen atoms in total. The molecule has 2 atom stereocenters. The molecule has 0 bridgehead atoms. The summed E-state index contributed by atoms with van der Waals surface area (Å²) in [5, 5.41) is 7.20. The highest BCUT2D eigenvalue weighted by Gasteiger charge is 2.50. The molecular weight excluding hydrogens is 581 g/mol. The van der Waals surface area contributed by atoms with Gasteiger partial charge in [0.05, 0.1) is 27.1 Å². The Hall–Kier alpha value is -3.53. The van der Waals surface area contributed by atoms with E-state index in [4.69, 9.17) is 16.6 Å². The fraction of sp³-hybridized carbons (Fsp3) is 0.250. The molecule has 2 aromatic heterocycles. The zero-order chi connectivity index (χ0) is 30.3. The van der Waals surface area contributed by atoms with Crippen LogP contribution in [0.25, 0.3) is 10.9 Å². The van der Waals surface area contributed by atoms with Gasteiger partial charge in [-0.25, -0.2) is 13.5 Å². The maximum atomic E-state index is 15.0. The maximum Gasteiger partial charge on any atom is 0.410 e. The summed E-state index contributed by atoms with van der Waals surface area (Å²) in [4.78, 5) is 4.80. The van der Waals surface area contributed by atoms with Crippen LogP contribution in [-0.2, 0) is 16.4 Å². The van der Waals surface area contributed by atoms with Gasteiger partial charge in [-0.15, -0.1) is 0 Å². The van der Waals surface area contributed by atoms with Crippen molar-refractivity contribution < 1.29 is 17.4 Å². The fourth-order valence-electron chi connectivity index (χ4n) is 5.55. The molecule has 0 aliphatic rings. The molecule has 0 spiro atoms. The highest BCUT2D eigenvalue weighted by molar-refractivity contribution is 7.84. The fourth-order valence-corrected chi connectivity index (χ4v) is 7.02. The van der Waals surface area contributed by atoms with Crippen LogP contribution in [0.15, 0.2) is 97.1 Å². The van der Waals surface area contributed by atoms with Gasteiger partial charge in [-0.3, -0.25) is 5.10 Å². The number of rotatable bonds is 7. The Morgan fingerprint density at radius 3 is 1.69 bits per heavy atom. The lowest BCUT2D eigenvalue weighted by atomic mass is 9.66. The summed E-state index contributed by atoms with van der Waals surface area (Å²) < 4.78 is 58.3. The van der Waals surface area contributed by atoms with Crippen molar-refractivity contribution in [2.75, 3.05) is 7.05 Å². The second-order valence-electron chi connectivity index (χ2n) is 11.0. The van der Waals surface area contributed by atoms with E-state index < -0.39 is 33.4 Å². The number of alkyl halides is 3. The van der Waals surface area contributed by atoms with Crippen LogP contribution < -0.4 is 0 Å². The summed E-state index contributed by atoms with van der Waals surface area (Å²) in [6, 6.07) is 27.7. The topological polar surface area (TPSA) is 61.9 Å². The number of H-pyrrole nitrogens is 1. The van der Waals surface area contributed by atoms with Crippen LogP contribution in [0.2, 0.25) is 5.15 Å². The first-order valence-corrected chi connectivity index (χ1v) is 14.8. The first kappa shape index (κ1) is 29.9. The van der Waals surface area contributed by atoms with Crippen LogP contribution in [0.5, 0.6) is 0 Å². The monoisotopic (exact) mass is 610 g/mol. The summed E-state index contributed by atoms with van der Waals surface area (Å²) in [7, 11) is -0.791. The summed E-state index contributed by atoms with van der Waals surface area (Å²) in [6.07, 6.45) is -4.80. The van der Waals surface area contributed by atoms with E-state index in [-0.39, 0.29) is 27.4 Å². The molecule has 0 saturated heterocycles. The molecule has 10 heteroatoms. The third-order valence-corrected chi connectivity index (χ3v) is 9.22. The van der Waals surface area contributed by atoms with Gasteiger partial charge >= 0.3 is 6.18 Å². The van der Waals surface area contributed by atoms with E-state index in [0.29, 0.717) is 0 Å². The molecule has 0 aliphatic carbocycles. The molecule has 218 valence electrons. The van der Waals surface area contributed by atoms with Crippen LogP contribution in [-0.4, -0.2) is 41.7 Å². The van der Waals surface area contributed by atoms with Crippen molar-refractivity contribution >= 4 is 33.5 Å². The van der Waals surface area contributed by atoms with Crippen LogP contribution in [0.4, 0.5) is 13.2 Å². The van der Waals surface area contributed by atoms with Crippen molar-refractivity contribution in [2.45, 2.75) is 43.2 Å². The van der Waals surface area contributed by atoms with Gasteiger partial charge < -0.3 is 0 Å². The number of halogens is 4. The van der Waals surface area contributed by atoms with Gasteiger partial charge in [0.15, 0.2) is 6.04 Å². The number of hydrogen-bond acceptors (Lipinski definition) is 3. The number of nitrogens with zero attached hydrogens (tertiary/aromatic N) is 3. The molecule has 2 heterocycles. The van der Waals surface area contributed by atoms with E-state index >= 15 is 13.2 Å². The van der Waals surface area contributed by atoms with Crippen molar-refractivity contribution in [3.63, 3.8) is 0 Å². The molecule has 0 saturated carbocycles. The minimum absolute atomic E-state index is 0.0814. The first-order chi connectivity index (χ1) is 19.9. The summed E-state index contributed by atoms with van der Waals surface area (Å²) in [5.74, 6) is 0. The van der Waals surface area contributed by atoms with Crippen LogP contribution in [0.3, 0.4) is 0 Å². The largest absolute Gasteiger partial charge is 0.410 e. The van der Waals surface area contributed by atoms with Crippen molar-refractivity contribution in [1.29, 1.82) is 0 Å². The van der Waals surface area contributed by atoms with Crippen molar-refractivity contribution in [1.82, 2.24) is 19.5 Å². The highest BCUT2D eigenvalue weighted by Crippen LogP contribution is 2.49. The number of hydrogen-bond donors (Lipinski definition) is 1. The minimum Gasteiger partial charge on any atom is -0.279 e. The van der Waals surface area contributed by atoms with Crippen LogP contribution >= 0.6 is 11.6 Å². The second-order valence-corrected chi connectivity index (χ2v) is 13.7. The molecular formula is C32H30ClF3N4OS. The molecule has 2 unspecified atom stereocenters. The SMILES string of the molecule is CN(C(c1[nH]nc2cc(Cl)nc(C(c3ccccc3)(c3ccccc3)c3ccccc3)c12)C(F)(F)F)S(=O)C(C)(C)C. The third-order valence-electron chi connectivity index (χ3n) is 7.24. The summed E-state index contributed by atoms with van der Waals surface area (Å²) in [5.41, 5.74) is 1.38. The second kappa shape index (κ2) is 11.3. The molecule has 0 aliphatic heterocycles. The molecule has 1 N–H and O–H groups in total. The van der Waals surface area contributed by atoms with Crippen molar-refractivity contribution in [2.24, 2.45) is 0 Å². The Labute approximate surface area is 250 Å². The maximum absolute atomic E-state index is 15.0. The number of aromatic amines is 1. The summed E-state index contributed by atoms with van der Waals surface area (Å²) in [6.45, 7) is 4.91. The summed E-state index contributed by atoms with van der Waals surface area (Å²) >= 11 is 6.60. The van der Waals surface area contributed by atoms with E-state index in [1.165, 1.54) is 13.1 Å². The normalized spacial score (nSPS) is 14.3. The quantitative estimate of drug-likeness (QED) is 0.150. The van der Waals surface area contributed by atoms with Crippen LogP contribution in [0, 0.1) is 0 Å². The molecule has 0 fully saturated rings. The Morgan fingerprint density at radius 2 is 1.29 bits per heavy atom. The lowest BCUT2D eigenvalue weighted by Crippen LogP contribution is -2.43. The van der Waals surface area contributed by atoms with Gasteiger partial charge in [0, 0.05) is 18.5 Å². The molecule has 3 aromatic carbocycles. The standard InChI is InChI=1S/C32H30ClF3N4OS/c1-30(2,3)42(41)40(4)29(32(34,35)36)27-26-24(38-39-27)20-25(33)37-28(26)31(21-14-8-5-9-15-21,22-16-10-6-11-17-22)23-18-12-7-13-19-23/h5-20,29H,1-4H3,(H,38,39). The Kier molecular flexibility index (Phi) is 8.04. The Morgan fingerprint density at radius 1 is 0.833 bits per heavy atom. The van der Waals surface area contributed by atoms with Crippen molar-refractivity contribution in [3.8, 4) is 0 Å². The number of pyridine rings is 1. The smallest absolute Gasteiger partial charge is 0.279 e. The van der Waals surface area contributed by atoms with E-state index in [9.17, 15) is 4.21 Å². The van der Waals surface area contributed by atoms with Gasteiger partial charge in [0.25, 0.3) is 0 Å². The molecule has 42 heavy (non-hydrogen) atoms. The first-order valence-electron chi connectivity index (χ1n) is 13.3. The molecule has 5 aromatic rings. The predicted octanol–water partition coefficient (Wildman–Crippen LogP) is 7.99. The zero-order valence-corrected chi connectivity index (χ0v) is 25.1. The number of fused-ring (bicyclic) bond motifs is 1. The third kappa shape index (κ3) is 5.25. The van der Waals surface area contributed by atoms with Crippen LogP contribution in [0.1, 0.15) is 54.9 Å². The Balaban J connectivity index is 1.96. The average Bonchev–Trinajstić information content (AvgIpc) is 3.36. The molecule has 0 radical (unpaired) electrons. The molecule has 5 rings (SSSR count). The van der Waals surface area contributed by atoms with Crippen molar-refractivity contribution in [3.05, 3.63) is 130 Å². The highest BCUT2D eigenvalue weighted by atomic mass is 35.5. The average molecular weight is 611 g/mol. The van der Waals surface area contributed by atoms with Gasteiger partial charge in [-0.2, -0.15) is 18.3 Å². The van der Waals surface area contributed by atoms with E-state index in [2.05, 4.69) is 10.2 Å². The predicted molar refractivity (Wildman–Crippen MR) is 162 cm³/mol. The van der Waals surface area contributed by atoms with E-state index in [1.54, 1.807) is 20.8 Å². The lowest BCUT2D eigenvalue weighted by Gasteiger charge is -2.37. The van der Waals surface area contributed by atoms with E-state index in [1.807, 2.05) is 91.0 Å². The van der Waals surface area contributed by atoms with Gasteiger partial charge in [-0.1, -0.05) is 103 Å². The van der Waals surface area contributed by atoms with Gasteiger partial charge in [0.1, 0.15) is 16.1 Å².